The van der Waals surface area contributed by atoms with Gasteiger partial charge in [0, 0.05) is 5.38 Å². The summed E-state index contributed by atoms with van der Waals surface area (Å²) < 4.78 is 1.80. The van der Waals surface area contributed by atoms with Gasteiger partial charge in [-0.15, -0.1) is 11.3 Å². The highest BCUT2D eigenvalue weighted by atomic mass is 32.1. The first kappa shape index (κ1) is 11.2. The fourth-order valence-corrected chi connectivity index (χ4v) is 2.47. The summed E-state index contributed by atoms with van der Waals surface area (Å²) in [7, 11) is 0. The SMILES string of the molecule is Cc1cc(NCc2csc(C)n2)n2ncnc2c1. The minimum Gasteiger partial charge on any atom is -0.364 e. The average molecular weight is 259 g/mol. The zero-order valence-corrected chi connectivity index (χ0v) is 11.0. The molecule has 0 aliphatic rings. The first-order chi connectivity index (χ1) is 8.72. The molecule has 3 heterocycles. The Bertz CT molecular complexity index is 685. The lowest BCUT2D eigenvalue weighted by Gasteiger charge is -2.07. The Morgan fingerprint density at radius 1 is 1.33 bits per heavy atom. The van der Waals surface area contributed by atoms with Gasteiger partial charge in [-0.05, 0) is 31.5 Å². The Hall–Kier alpha value is -1.95. The molecule has 0 saturated carbocycles. The largest absolute Gasteiger partial charge is 0.364 e. The molecule has 5 nitrogen and oxygen atoms in total. The fourth-order valence-electron chi connectivity index (χ4n) is 1.85. The van der Waals surface area contributed by atoms with Gasteiger partial charge in [0.15, 0.2) is 5.65 Å². The third-order valence-electron chi connectivity index (χ3n) is 2.64. The molecule has 0 aliphatic heterocycles. The van der Waals surface area contributed by atoms with Crippen LogP contribution in [0.25, 0.3) is 5.65 Å². The van der Waals surface area contributed by atoms with E-state index in [1.807, 2.05) is 19.9 Å². The van der Waals surface area contributed by atoms with Gasteiger partial charge in [-0.25, -0.2) is 9.97 Å². The number of aromatic nitrogens is 4. The lowest BCUT2D eigenvalue weighted by Crippen LogP contribution is -2.05. The number of nitrogens with zero attached hydrogens (tertiary/aromatic N) is 4. The molecule has 0 unspecified atom stereocenters. The fraction of sp³-hybridized carbons (Fsp3) is 0.250. The molecule has 0 aromatic carbocycles. The summed E-state index contributed by atoms with van der Waals surface area (Å²) in [4.78, 5) is 8.62. The van der Waals surface area contributed by atoms with Crippen LogP contribution < -0.4 is 5.32 Å². The van der Waals surface area contributed by atoms with Crippen LogP contribution in [0.1, 0.15) is 16.3 Å². The normalized spacial score (nSPS) is 11.0. The number of nitrogens with one attached hydrogen (secondary N) is 1. The molecule has 0 fully saturated rings. The number of fused-ring (bicyclic) bond motifs is 1. The maximum atomic E-state index is 4.43. The molecule has 0 spiro atoms. The summed E-state index contributed by atoms with van der Waals surface area (Å²) >= 11 is 1.66. The van der Waals surface area contributed by atoms with Crippen LogP contribution in [-0.4, -0.2) is 19.6 Å². The maximum Gasteiger partial charge on any atom is 0.157 e. The van der Waals surface area contributed by atoms with Gasteiger partial charge in [0.1, 0.15) is 12.1 Å². The maximum absolute atomic E-state index is 4.43. The van der Waals surface area contributed by atoms with Gasteiger partial charge in [0.25, 0.3) is 0 Å². The monoisotopic (exact) mass is 259 g/mol. The molecule has 0 saturated heterocycles. The molecule has 0 radical (unpaired) electrons. The average Bonchev–Trinajstić information content (AvgIpc) is 2.94. The van der Waals surface area contributed by atoms with Crippen molar-refractivity contribution in [2.45, 2.75) is 20.4 Å². The van der Waals surface area contributed by atoms with Crippen LogP contribution in [0.3, 0.4) is 0 Å². The van der Waals surface area contributed by atoms with Gasteiger partial charge < -0.3 is 5.32 Å². The van der Waals surface area contributed by atoms with Gasteiger partial charge in [-0.1, -0.05) is 0 Å². The Kier molecular flexibility index (Phi) is 2.71. The van der Waals surface area contributed by atoms with E-state index >= 15 is 0 Å². The number of pyridine rings is 1. The van der Waals surface area contributed by atoms with Crippen LogP contribution >= 0.6 is 11.3 Å². The highest BCUT2D eigenvalue weighted by Crippen LogP contribution is 2.15. The van der Waals surface area contributed by atoms with E-state index in [-0.39, 0.29) is 0 Å². The number of aryl methyl sites for hydroxylation is 2. The van der Waals surface area contributed by atoms with Gasteiger partial charge in [-0.3, -0.25) is 0 Å². The quantitative estimate of drug-likeness (QED) is 0.784. The number of thiazole rings is 1. The standard InChI is InChI=1S/C12H13N5S/c1-8-3-11(17-12(4-8)14-7-15-17)13-5-10-6-18-9(2)16-10/h3-4,6-7,13H,5H2,1-2H3. The zero-order chi connectivity index (χ0) is 12.5. The molecule has 3 aromatic rings. The summed E-state index contributed by atoms with van der Waals surface area (Å²) in [5.74, 6) is 0.938. The number of hydrogen-bond donors (Lipinski definition) is 1. The van der Waals surface area contributed by atoms with Crippen molar-refractivity contribution >= 4 is 22.8 Å². The van der Waals surface area contributed by atoms with Crippen molar-refractivity contribution in [1.29, 1.82) is 0 Å². The predicted octanol–water partition coefficient (Wildman–Crippen LogP) is 2.41. The Morgan fingerprint density at radius 3 is 3.00 bits per heavy atom. The van der Waals surface area contributed by atoms with Crippen molar-refractivity contribution in [2.75, 3.05) is 5.32 Å². The smallest absolute Gasteiger partial charge is 0.157 e. The van der Waals surface area contributed by atoms with E-state index in [1.54, 1.807) is 22.2 Å². The second-order valence-electron chi connectivity index (χ2n) is 4.16. The molecule has 0 atom stereocenters. The van der Waals surface area contributed by atoms with Gasteiger partial charge in [0.05, 0.1) is 17.2 Å². The van der Waals surface area contributed by atoms with Crippen molar-refractivity contribution in [2.24, 2.45) is 0 Å². The second kappa shape index (κ2) is 4.38. The summed E-state index contributed by atoms with van der Waals surface area (Å²) in [6.45, 7) is 4.76. The molecule has 0 aliphatic carbocycles. The van der Waals surface area contributed by atoms with E-state index < -0.39 is 0 Å². The first-order valence-corrected chi connectivity index (χ1v) is 6.55. The molecule has 18 heavy (non-hydrogen) atoms. The summed E-state index contributed by atoms with van der Waals surface area (Å²) in [5.41, 5.74) is 3.06. The Morgan fingerprint density at radius 2 is 2.22 bits per heavy atom. The van der Waals surface area contributed by atoms with Crippen molar-refractivity contribution in [3.8, 4) is 0 Å². The third-order valence-corrected chi connectivity index (χ3v) is 3.46. The summed E-state index contributed by atoms with van der Waals surface area (Å²) in [6, 6.07) is 4.06. The van der Waals surface area contributed by atoms with E-state index in [4.69, 9.17) is 0 Å². The number of hydrogen-bond acceptors (Lipinski definition) is 5. The Labute approximate surface area is 109 Å². The molecule has 3 rings (SSSR count). The van der Waals surface area contributed by atoms with Gasteiger partial charge in [0.2, 0.25) is 0 Å². The number of rotatable bonds is 3. The topological polar surface area (TPSA) is 55.1 Å². The predicted molar refractivity (Wildman–Crippen MR) is 71.9 cm³/mol. The lowest BCUT2D eigenvalue weighted by atomic mass is 10.3. The van der Waals surface area contributed by atoms with Crippen LogP contribution in [0.15, 0.2) is 23.8 Å². The van der Waals surface area contributed by atoms with E-state index in [2.05, 4.69) is 31.8 Å². The molecule has 92 valence electrons. The van der Waals surface area contributed by atoms with E-state index in [9.17, 15) is 0 Å². The molecule has 0 bridgehead atoms. The van der Waals surface area contributed by atoms with Crippen molar-refractivity contribution in [3.63, 3.8) is 0 Å². The molecule has 1 N–H and O–H groups in total. The third kappa shape index (κ3) is 2.06. The molecular formula is C12H13N5S. The lowest BCUT2D eigenvalue weighted by molar-refractivity contribution is 0.932. The van der Waals surface area contributed by atoms with Crippen LogP contribution in [0.5, 0.6) is 0 Å². The zero-order valence-electron chi connectivity index (χ0n) is 10.2. The van der Waals surface area contributed by atoms with Crippen molar-refractivity contribution < 1.29 is 0 Å². The van der Waals surface area contributed by atoms with Gasteiger partial charge >= 0.3 is 0 Å². The van der Waals surface area contributed by atoms with Crippen LogP contribution in [0, 0.1) is 13.8 Å². The highest BCUT2D eigenvalue weighted by molar-refractivity contribution is 7.09. The van der Waals surface area contributed by atoms with Crippen LogP contribution in [0.2, 0.25) is 0 Å². The molecule has 0 amide bonds. The minimum atomic E-state index is 0.697. The Balaban J connectivity index is 1.87. The minimum absolute atomic E-state index is 0.697. The van der Waals surface area contributed by atoms with Crippen molar-refractivity contribution in [1.82, 2.24) is 19.6 Å². The van der Waals surface area contributed by atoms with Crippen molar-refractivity contribution in [3.05, 3.63) is 40.1 Å². The molecule has 3 aromatic heterocycles. The number of anilines is 1. The van der Waals surface area contributed by atoms with Gasteiger partial charge in [-0.2, -0.15) is 9.61 Å². The second-order valence-corrected chi connectivity index (χ2v) is 5.22. The highest BCUT2D eigenvalue weighted by Gasteiger charge is 2.04. The first-order valence-electron chi connectivity index (χ1n) is 5.67. The van der Waals surface area contributed by atoms with E-state index in [0.717, 1.165) is 27.7 Å². The van der Waals surface area contributed by atoms with E-state index in [1.165, 1.54) is 0 Å². The van der Waals surface area contributed by atoms with Crippen LogP contribution in [0.4, 0.5) is 5.82 Å². The van der Waals surface area contributed by atoms with Crippen LogP contribution in [-0.2, 0) is 6.54 Å². The summed E-state index contributed by atoms with van der Waals surface area (Å²) in [6.07, 6.45) is 1.56. The molecular weight excluding hydrogens is 246 g/mol. The molecule has 6 heteroatoms. The summed E-state index contributed by atoms with van der Waals surface area (Å²) in [5, 5.41) is 10.7. The van der Waals surface area contributed by atoms with E-state index in [0.29, 0.717) is 6.54 Å².